The van der Waals surface area contributed by atoms with Crippen LogP contribution in [0.3, 0.4) is 0 Å². The van der Waals surface area contributed by atoms with Crippen molar-refractivity contribution in [2.24, 2.45) is 0 Å². The molecule has 0 atom stereocenters. The highest BCUT2D eigenvalue weighted by Gasteiger charge is 2.09. The second kappa shape index (κ2) is 3.86. The van der Waals surface area contributed by atoms with E-state index in [1.165, 1.54) is 12.3 Å². The van der Waals surface area contributed by atoms with Crippen molar-refractivity contribution in [1.29, 1.82) is 0 Å². The number of rotatable bonds is 1. The number of aromatic nitrogens is 1. The Labute approximate surface area is 102 Å². The van der Waals surface area contributed by atoms with Gasteiger partial charge >= 0.3 is 0 Å². The lowest BCUT2D eigenvalue weighted by Crippen LogP contribution is -1.90. The number of nitro groups is 1. The van der Waals surface area contributed by atoms with Gasteiger partial charge in [0.2, 0.25) is 0 Å². The van der Waals surface area contributed by atoms with Gasteiger partial charge in [0.15, 0.2) is 0 Å². The van der Waals surface area contributed by atoms with Crippen molar-refractivity contribution in [2.45, 2.75) is 0 Å². The molecule has 0 fully saturated rings. The predicted molar refractivity (Wildman–Crippen MR) is 63.8 cm³/mol. The van der Waals surface area contributed by atoms with Crippen LogP contribution in [0.15, 0.2) is 33.3 Å². The van der Waals surface area contributed by atoms with Crippen LogP contribution >= 0.6 is 31.9 Å². The van der Waals surface area contributed by atoms with E-state index in [2.05, 4.69) is 36.8 Å². The van der Waals surface area contributed by atoms with Crippen LogP contribution in [0.4, 0.5) is 5.69 Å². The average Bonchev–Trinajstić information content (AvgIpc) is 2.16. The van der Waals surface area contributed by atoms with Crippen molar-refractivity contribution < 1.29 is 4.92 Å². The molecule has 1 aromatic heterocycles. The number of hydrogen-bond acceptors (Lipinski definition) is 3. The Bertz CT molecular complexity index is 557. The Kier molecular flexibility index (Phi) is 2.70. The Morgan fingerprint density at radius 3 is 2.67 bits per heavy atom. The molecule has 0 aliphatic heterocycles. The first-order valence-electron chi connectivity index (χ1n) is 3.97. The molecule has 0 amide bonds. The van der Waals surface area contributed by atoms with Crippen LogP contribution in [-0.4, -0.2) is 9.91 Å². The standard InChI is InChI=1S/C9H4Br2N2O2/c10-6-1-5-2-7(13(14)15)4-12-9(5)8(11)3-6/h1-4H. The molecule has 0 aliphatic rings. The van der Waals surface area contributed by atoms with Gasteiger partial charge in [-0.1, -0.05) is 15.9 Å². The first-order valence-corrected chi connectivity index (χ1v) is 5.56. The number of pyridine rings is 1. The fourth-order valence-electron chi connectivity index (χ4n) is 1.26. The van der Waals surface area contributed by atoms with Crippen molar-refractivity contribution in [3.05, 3.63) is 43.5 Å². The van der Waals surface area contributed by atoms with Crippen molar-refractivity contribution in [3.63, 3.8) is 0 Å². The van der Waals surface area contributed by atoms with E-state index in [9.17, 15) is 10.1 Å². The second-order valence-corrected chi connectivity index (χ2v) is 4.68. The molecule has 0 aliphatic carbocycles. The first kappa shape index (κ1) is 10.5. The highest BCUT2D eigenvalue weighted by atomic mass is 79.9. The van der Waals surface area contributed by atoms with Crippen LogP contribution in [-0.2, 0) is 0 Å². The van der Waals surface area contributed by atoms with Crippen molar-refractivity contribution in [1.82, 2.24) is 4.98 Å². The van der Waals surface area contributed by atoms with Crippen LogP contribution in [0.5, 0.6) is 0 Å². The Balaban J connectivity index is 2.76. The highest BCUT2D eigenvalue weighted by molar-refractivity contribution is 9.11. The van der Waals surface area contributed by atoms with Crippen molar-refractivity contribution in [2.75, 3.05) is 0 Å². The second-order valence-electron chi connectivity index (χ2n) is 2.91. The summed E-state index contributed by atoms with van der Waals surface area (Å²) in [5.74, 6) is 0. The number of fused-ring (bicyclic) bond motifs is 1. The van der Waals surface area contributed by atoms with Crippen LogP contribution in [0.1, 0.15) is 0 Å². The Hall–Kier alpha value is -1.01. The van der Waals surface area contributed by atoms with Gasteiger partial charge in [0.25, 0.3) is 5.69 Å². The summed E-state index contributed by atoms with van der Waals surface area (Å²) in [6.45, 7) is 0. The zero-order valence-corrected chi connectivity index (χ0v) is 10.4. The minimum atomic E-state index is -0.457. The molecule has 4 nitrogen and oxygen atoms in total. The summed E-state index contributed by atoms with van der Waals surface area (Å²) in [5, 5.41) is 11.3. The number of nitrogens with zero attached hydrogens (tertiary/aromatic N) is 2. The first-order chi connectivity index (χ1) is 7.08. The maximum Gasteiger partial charge on any atom is 0.288 e. The SMILES string of the molecule is O=[N+]([O-])c1cnc2c(Br)cc(Br)cc2c1. The van der Waals surface area contributed by atoms with Gasteiger partial charge in [-0.25, -0.2) is 4.98 Å². The minimum Gasteiger partial charge on any atom is -0.258 e. The largest absolute Gasteiger partial charge is 0.288 e. The Morgan fingerprint density at radius 1 is 1.27 bits per heavy atom. The topological polar surface area (TPSA) is 56.0 Å². The molecule has 2 aromatic rings. The monoisotopic (exact) mass is 330 g/mol. The van der Waals surface area contributed by atoms with E-state index in [0.717, 1.165) is 14.3 Å². The minimum absolute atomic E-state index is 0.00694. The molecule has 1 heterocycles. The molecule has 0 radical (unpaired) electrons. The van der Waals surface area contributed by atoms with E-state index >= 15 is 0 Å². The average molecular weight is 332 g/mol. The molecule has 0 spiro atoms. The predicted octanol–water partition coefficient (Wildman–Crippen LogP) is 3.67. The highest BCUT2D eigenvalue weighted by Crippen LogP contribution is 2.28. The van der Waals surface area contributed by atoms with Gasteiger partial charge in [0.05, 0.1) is 10.4 Å². The maximum atomic E-state index is 10.6. The van der Waals surface area contributed by atoms with Gasteiger partial charge in [0.1, 0.15) is 6.20 Å². The van der Waals surface area contributed by atoms with Gasteiger partial charge in [0, 0.05) is 20.4 Å². The Morgan fingerprint density at radius 2 is 2.00 bits per heavy atom. The summed E-state index contributed by atoms with van der Waals surface area (Å²) >= 11 is 6.66. The van der Waals surface area contributed by atoms with Gasteiger partial charge < -0.3 is 0 Å². The van der Waals surface area contributed by atoms with Crippen LogP contribution in [0.2, 0.25) is 0 Å². The molecule has 0 saturated heterocycles. The van der Waals surface area contributed by atoms with Crippen LogP contribution in [0.25, 0.3) is 10.9 Å². The maximum absolute atomic E-state index is 10.6. The van der Waals surface area contributed by atoms with Gasteiger partial charge in [-0.2, -0.15) is 0 Å². The quantitative estimate of drug-likeness (QED) is 0.591. The van der Waals surface area contributed by atoms with Crippen molar-refractivity contribution in [3.8, 4) is 0 Å². The fourth-order valence-corrected chi connectivity index (χ4v) is 2.62. The van der Waals surface area contributed by atoms with E-state index in [4.69, 9.17) is 0 Å². The molecule has 2 rings (SSSR count). The van der Waals surface area contributed by atoms with E-state index in [1.807, 2.05) is 6.07 Å². The summed E-state index contributed by atoms with van der Waals surface area (Å²) in [6.07, 6.45) is 1.25. The molecule has 0 saturated carbocycles. The van der Waals surface area contributed by atoms with E-state index in [1.54, 1.807) is 6.07 Å². The molecule has 0 N–H and O–H groups in total. The molecular weight excluding hydrogens is 328 g/mol. The van der Waals surface area contributed by atoms with E-state index in [-0.39, 0.29) is 5.69 Å². The third-order valence-corrected chi connectivity index (χ3v) is 2.96. The molecule has 0 bridgehead atoms. The molecule has 76 valence electrons. The summed E-state index contributed by atoms with van der Waals surface area (Å²) in [6, 6.07) is 5.14. The molecule has 15 heavy (non-hydrogen) atoms. The molecular formula is C9H4Br2N2O2. The summed E-state index contributed by atoms with van der Waals surface area (Å²) < 4.78 is 1.66. The van der Waals surface area contributed by atoms with Crippen LogP contribution < -0.4 is 0 Å². The van der Waals surface area contributed by atoms with Gasteiger partial charge in [-0.05, 0) is 28.1 Å². The number of halogens is 2. The lowest BCUT2D eigenvalue weighted by molar-refractivity contribution is -0.385. The van der Waals surface area contributed by atoms with E-state index in [0.29, 0.717) is 5.52 Å². The fraction of sp³-hybridized carbons (Fsp3) is 0. The number of hydrogen-bond donors (Lipinski definition) is 0. The normalized spacial score (nSPS) is 10.5. The van der Waals surface area contributed by atoms with Gasteiger partial charge in [-0.3, -0.25) is 10.1 Å². The number of benzene rings is 1. The molecule has 1 aromatic carbocycles. The molecule has 6 heteroatoms. The van der Waals surface area contributed by atoms with Crippen LogP contribution in [0, 0.1) is 10.1 Å². The summed E-state index contributed by atoms with van der Waals surface area (Å²) in [4.78, 5) is 14.1. The summed E-state index contributed by atoms with van der Waals surface area (Å²) in [7, 11) is 0. The third-order valence-electron chi connectivity index (χ3n) is 1.90. The zero-order chi connectivity index (χ0) is 11.0. The zero-order valence-electron chi connectivity index (χ0n) is 7.28. The van der Waals surface area contributed by atoms with E-state index < -0.39 is 4.92 Å². The lowest BCUT2D eigenvalue weighted by atomic mass is 10.2. The molecule has 0 unspecified atom stereocenters. The summed E-state index contributed by atoms with van der Waals surface area (Å²) in [5.41, 5.74) is 0.705. The third kappa shape index (κ3) is 2.00. The van der Waals surface area contributed by atoms with Crippen molar-refractivity contribution >= 4 is 48.5 Å². The lowest BCUT2D eigenvalue weighted by Gasteiger charge is -2.00. The smallest absolute Gasteiger partial charge is 0.258 e. The van der Waals surface area contributed by atoms with Gasteiger partial charge in [-0.15, -0.1) is 0 Å².